The molecule has 10 heteroatoms. The van der Waals surface area contributed by atoms with Crippen LogP contribution in [0.5, 0.6) is 5.75 Å². The smallest absolute Gasteiger partial charge is 0.255 e. The van der Waals surface area contributed by atoms with Gasteiger partial charge in [-0.25, -0.2) is 0 Å². The van der Waals surface area contributed by atoms with E-state index in [-0.39, 0.29) is 50.1 Å². The van der Waals surface area contributed by atoms with Crippen molar-refractivity contribution in [3.05, 3.63) is 65.7 Å². The number of hydrogen-bond donors (Lipinski definition) is 3. The minimum Gasteiger partial charge on any atom is -0.491 e. The SMILES string of the molecule is CN1CCOc2ccccc2C(=O)N[C@H](C(=O)N2CCC[C@H]2CO)CC(=O)N[C@@H](Cc2ccccc2)C1=O. The van der Waals surface area contributed by atoms with Gasteiger partial charge in [-0.1, -0.05) is 42.5 Å². The summed E-state index contributed by atoms with van der Waals surface area (Å²) in [7, 11) is 1.63. The number of carbonyl (C=O) groups excluding carboxylic acids is 4. The second-order valence-corrected chi connectivity index (χ2v) is 9.65. The van der Waals surface area contributed by atoms with Crippen molar-refractivity contribution in [1.29, 1.82) is 0 Å². The maximum atomic E-state index is 13.5. The highest BCUT2D eigenvalue weighted by Crippen LogP contribution is 2.21. The highest BCUT2D eigenvalue weighted by Gasteiger charge is 2.36. The summed E-state index contributed by atoms with van der Waals surface area (Å²) in [6.45, 7) is 0.605. The lowest BCUT2D eigenvalue weighted by atomic mass is 10.0. The van der Waals surface area contributed by atoms with Crippen LogP contribution in [0.2, 0.25) is 0 Å². The third-order valence-electron chi connectivity index (χ3n) is 6.97. The second-order valence-electron chi connectivity index (χ2n) is 9.65. The Kier molecular flexibility index (Phi) is 8.96. The van der Waals surface area contributed by atoms with Crippen molar-refractivity contribution in [2.24, 2.45) is 0 Å². The minimum atomic E-state index is -1.18. The third kappa shape index (κ3) is 6.49. The van der Waals surface area contributed by atoms with E-state index in [1.807, 2.05) is 30.3 Å². The lowest BCUT2D eigenvalue weighted by Gasteiger charge is -2.30. The summed E-state index contributed by atoms with van der Waals surface area (Å²) in [5, 5.41) is 15.2. The number of fused-ring (bicyclic) bond motifs is 1. The van der Waals surface area contributed by atoms with Gasteiger partial charge in [0, 0.05) is 20.0 Å². The van der Waals surface area contributed by atoms with Crippen LogP contribution in [0.1, 0.15) is 35.2 Å². The molecule has 3 N–H and O–H groups in total. The van der Waals surface area contributed by atoms with Crippen molar-refractivity contribution in [3.63, 3.8) is 0 Å². The summed E-state index contributed by atoms with van der Waals surface area (Å²) >= 11 is 0. The molecule has 0 saturated carbocycles. The summed E-state index contributed by atoms with van der Waals surface area (Å²) in [6, 6.07) is 13.6. The molecule has 1 fully saturated rings. The number of aliphatic hydroxyl groups is 1. The standard InChI is InChI=1S/C28H34N4O6/c1-31-14-15-38-24-12-6-5-11-21(24)26(35)30-23(28(37)32-13-7-10-20(32)18-33)17-25(34)29-22(27(31)36)16-19-8-3-2-4-9-19/h2-6,8-9,11-12,20,22-23,33H,7,10,13-18H2,1H3,(H,29,34)(H,30,35)/t20-,22-,23-/m0/s1. The summed E-state index contributed by atoms with van der Waals surface area (Å²) in [6.07, 6.45) is 1.28. The molecule has 10 nitrogen and oxygen atoms in total. The number of rotatable bonds is 4. The molecule has 4 amide bonds. The van der Waals surface area contributed by atoms with Gasteiger partial charge in [-0.2, -0.15) is 0 Å². The van der Waals surface area contributed by atoms with E-state index in [1.54, 1.807) is 31.3 Å². The zero-order chi connectivity index (χ0) is 27.1. The van der Waals surface area contributed by atoms with Crippen LogP contribution in [0.25, 0.3) is 0 Å². The predicted molar refractivity (Wildman–Crippen MR) is 139 cm³/mol. The molecule has 2 heterocycles. The van der Waals surface area contributed by atoms with Crippen molar-refractivity contribution in [3.8, 4) is 5.75 Å². The minimum absolute atomic E-state index is 0.132. The van der Waals surface area contributed by atoms with Crippen molar-refractivity contribution >= 4 is 23.6 Å². The van der Waals surface area contributed by atoms with E-state index in [4.69, 9.17) is 4.74 Å². The topological polar surface area (TPSA) is 128 Å². The molecule has 1 saturated heterocycles. The van der Waals surface area contributed by atoms with E-state index in [0.717, 1.165) is 12.0 Å². The highest BCUT2D eigenvalue weighted by atomic mass is 16.5. The molecule has 2 aromatic rings. The largest absolute Gasteiger partial charge is 0.491 e. The fraction of sp³-hybridized carbons (Fsp3) is 0.429. The molecule has 0 bridgehead atoms. The normalized spacial score (nSPS) is 23.1. The Morgan fingerprint density at radius 1 is 1.03 bits per heavy atom. The monoisotopic (exact) mass is 522 g/mol. The molecule has 0 radical (unpaired) electrons. The van der Waals surface area contributed by atoms with Gasteiger partial charge in [-0.05, 0) is 30.5 Å². The zero-order valence-electron chi connectivity index (χ0n) is 21.5. The molecule has 0 unspecified atom stereocenters. The first kappa shape index (κ1) is 27.1. The van der Waals surface area contributed by atoms with Gasteiger partial charge in [0.1, 0.15) is 24.4 Å². The van der Waals surface area contributed by atoms with E-state index >= 15 is 0 Å². The van der Waals surface area contributed by atoms with Crippen LogP contribution in [0, 0.1) is 0 Å². The number of hydrogen-bond acceptors (Lipinski definition) is 6. The van der Waals surface area contributed by atoms with E-state index in [9.17, 15) is 24.3 Å². The second kappa shape index (κ2) is 12.6. The van der Waals surface area contributed by atoms with Gasteiger partial charge < -0.3 is 30.3 Å². The van der Waals surface area contributed by atoms with E-state index < -0.39 is 29.8 Å². The number of likely N-dealkylation sites (tertiary alicyclic amines) is 1. The summed E-state index contributed by atoms with van der Waals surface area (Å²) in [5.41, 5.74) is 1.09. The highest BCUT2D eigenvalue weighted by molar-refractivity contribution is 6.01. The number of likely N-dealkylation sites (N-methyl/N-ethyl adjacent to an activating group) is 1. The van der Waals surface area contributed by atoms with E-state index in [0.29, 0.717) is 18.7 Å². The Labute approximate surface area is 221 Å². The van der Waals surface area contributed by atoms with Gasteiger partial charge in [0.15, 0.2) is 0 Å². The number of para-hydroxylation sites is 1. The first-order valence-electron chi connectivity index (χ1n) is 12.9. The van der Waals surface area contributed by atoms with Crippen LogP contribution < -0.4 is 15.4 Å². The van der Waals surface area contributed by atoms with Crippen LogP contribution >= 0.6 is 0 Å². The molecule has 0 aromatic heterocycles. The lowest BCUT2D eigenvalue weighted by Crippen LogP contribution is -2.54. The number of aliphatic hydroxyl groups excluding tert-OH is 1. The van der Waals surface area contributed by atoms with Crippen LogP contribution in [-0.4, -0.2) is 90.0 Å². The van der Waals surface area contributed by atoms with Crippen molar-refractivity contribution < 1.29 is 29.0 Å². The molecular weight excluding hydrogens is 488 g/mol. The van der Waals surface area contributed by atoms with Gasteiger partial charge in [0.25, 0.3) is 5.91 Å². The average Bonchev–Trinajstić information content (AvgIpc) is 3.41. The summed E-state index contributed by atoms with van der Waals surface area (Å²) in [5.74, 6) is -1.50. The third-order valence-corrected chi connectivity index (χ3v) is 6.97. The van der Waals surface area contributed by atoms with E-state index in [1.165, 1.54) is 9.80 Å². The summed E-state index contributed by atoms with van der Waals surface area (Å²) in [4.78, 5) is 56.4. The fourth-order valence-electron chi connectivity index (χ4n) is 4.89. The number of carbonyl (C=O) groups is 4. The number of nitrogens with one attached hydrogen (secondary N) is 2. The molecule has 3 atom stereocenters. The fourth-order valence-corrected chi connectivity index (χ4v) is 4.89. The van der Waals surface area contributed by atoms with Crippen molar-refractivity contribution in [2.75, 3.05) is 33.4 Å². The predicted octanol–water partition coefficient (Wildman–Crippen LogP) is 0.737. The molecule has 2 aliphatic rings. The first-order chi connectivity index (χ1) is 18.4. The molecular formula is C28H34N4O6. The average molecular weight is 523 g/mol. The van der Waals surface area contributed by atoms with Gasteiger partial charge >= 0.3 is 0 Å². The Morgan fingerprint density at radius 2 is 1.76 bits per heavy atom. The Hall–Kier alpha value is -3.92. The Morgan fingerprint density at radius 3 is 2.53 bits per heavy atom. The van der Waals surface area contributed by atoms with Crippen molar-refractivity contribution in [2.45, 2.75) is 43.8 Å². The Bertz CT molecular complexity index is 1160. The van der Waals surface area contributed by atoms with Gasteiger partial charge in [-0.3, -0.25) is 19.2 Å². The zero-order valence-corrected chi connectivity index (χ0v) is 21.5. The number of benzene rings is 2. The van der Waals surface area contributed by atoms with Gasteiger partial charge in [0.2, 0.25) is 17.7 Å². The number of amides is 4. The maximum Gasteiger partial charge on any atom is 0.255 e. The molecule has 4 rings (SSSR count). The molecule has 38 heavy (non-hydrogen) atoms. The lowest BCUT2D eigenvalue weighted by molar-refractivity contribution is -0.138. The quantitative estimate of drug-likeness (QED) is 0.543. The Balaban J connectivity index is 1.64. The molecule has 2 aromatic carbocycles. The van der Waals surface area contributed by atoms with Crippen molar-refractivity contribution in [1.82, 2.24) is 20.4 Å². The van der Waals surface area contributed by atoms with Gasteiger partial charge in [-0.15, -0.1) is 0 Å². The number of nitrogens with zero attached hydrogens (tertiary/aromatic N) is 2. The number of ether oxygens (including phenoxy) is 1. The molecule has 202 valence electrons. The van der Waals surface area contributed by atoms with Gasteiger partial charge in [0.05, 0.1) is 31.2 Å². The first-order valence-corrected chi connectivity index (χ1v) is 12.9. The maximum absolute atomic E-state index is 13.5. The van der Waals surface area contributed by atoms with Crippen LogP contribution in [0.4, 0.5) is 0 Å². The molecule has 0 spiro atoms. The molecule has 0 aliphatic carbocycles. The van der Waals surface area contributed by atoms with E-state index in [2.05, 4.69) is 10.6 Å². The van der Waals surface area contributed by atoms with Crippen LogP contribution in [-0.2, 0) is 20.8 Å². The van der Waals surface area contributed by atoms with Crippen LogP contribution in [0.3, 0.4) is 0 Å². The molecule has 2 aliphatic heterocycles. The summed E-state index contributed by atoms with van der Waals surface area (Å²) < 4.78 is 5.86. The van der Waals surface area contributed by atoms with Crippen LogP contribution in [0.15, 0.2) is 54.6 Å².